The van der Waals surface area contributed by atoms with E-state index in [0.717, 1.165) is 57.9 Å². The molecule has 1 unspecified atom stereocenters. The van der Waals surface area contributed by atoms with Crippen LogP contribution >= 0.6 is 0 Å². The average Bonchev–Trinajstić information content (AvgIpc) is 3.40. The summed E-state index contributed by atoms with van der Waals surface area (Å²) in [5.74, 6) is 1.04. The maximum Gasteiger partial charge on any atom is 0.244 e. The van der Waals surface area contributed by atoms with Crippen molar-refractivity contribution < 1.29 is 17.9 Å². The van der Waals surface area contributed by atoms with E-state index in [-0.39, 0.29) is 18.2 Å². The second-order valence-electron chi connectivity index (χ2n) is 10.8. The van der Waals surface area contributed by atoms with Gasteiger partial charge in [-0.2, -0.15) is 5.10 Å². The molecule has 0 aliphatic carbocycles. The Bertz CT molecular complexity index is 1220. The van der Waals surface area contributed by atoms with Crippen LogP contribution in [0.25, 0.3) is 0 Å². The van der Waals surface area contributed by atoms with Gasteiger partial charge in [0, 0.05) is 57.1 Å². The number of ether oxygens (including phenoxy) is 1. The number of likely N-dealkylation sites (tertiary alicyclic amines) is 1. The third-order valence-corrected chi connectivity index (χ3v) is 9.82. The van der Waals surface area contributed by atoms with Gasteiger partial charge in [-0.05, 0) is 70.3 Å². The molecule has 4 rings (SSSR count). The van der Waals surface area contributed by atoms with Crippen molar-refractivity contribution in [3.05, 3.63) is 40.2 Å². The summed E-state index contributed by atoms with van der Waals surface area (Å²) in [6.45, 7) is 14.4. The molecule has 1 amide bonds. The zero-order valence-corrected chi connectivity index (χ0v) is 23.9. The fraction of sp³-hybridized carbons (Fsp3) is 0.630. The van der Waals surface area contributed by atoms with E-state index in [0.29, 0.717) is 38.9 Å². The molecular formula is C27H41N5O4S. The first kappa shape index (κ1) is 27.6. The predicted octanol–water partition coefficient (Wildman–Crippen LogP) is 2.20. The number of piperazine rings is 1. The number of amides is 1. The second kappa shape index (κ2) is 11.1. The first-order valence-corrected chi connectivity index (χ1v) is 14.7. The third kappa shape index (κ3) is 6.18. The summed E-state index contributed by atoms with van der Waals surface area (Å²) in [4.78, 5) is 20.3. The molecule has 0 radical (unpaired) electrons. The van der Waals surface area contributed by atoms with E-state index in [4.69, 9.17) is 4.74 Å². The summed E-state index contributed by atoms with van der Waals surface area (Å²) in [5, 5.41) is 4.56. The van der Waals surface area contributed by atoms with Crippen LogP contribution in [0.2, 0.25) is 0 Å². The summed E-state index contributed by atoms with van der Waals surface area (Å²) in [6, 6.07) is 3.49. The molecule has 1 atom stereocenters. The van der Waals surface area contributed by atoms with Gasteiger partial charge >= 0.3 is 0 Å². The molecule has 0 bridgehead atoms. The Morgan fingerprint density at radius 3 is 2.32 bits per heavy atom. The van der Waals surface area contributed by atoms with Crippen LogP contribution in [-0.4, -0.2) is 98.8 Å². The number of carbonyl (C=O) groups is 1. The molecule has 2 saturated heterocycles. The van der Waals surface area contributed by atoms with Crippen LogP contribution < -0.4 is 4.74 Å². The fourth-order valence-corrected chi connectivity index (χ4v) is 7.75. The number of nitrogens with zero attached hydrogens (tertiary/aromatic N) is 5. The van der Waals surface area contributed by atoms with E-state index in [9.17, 15) is 13.2 Å². The largest absolute Gasteiger partial charge is 0.497 e. The smallest absolute Gasteiger partial charge is 0.244 e. The highest BCUT2D eigenvalue weighted by Crippen LogP contribution is 2.30. The zero-order chi connectivity index (χ0) is 26.9. The van der Waals surface area contributed by atoms with Crippen molar-refractivity contribution in [1.29, 1.82) is 0 Å². The van der Waals surface area contributed by atoms with E-state index in [1.54, 1.807) is 37.8 Å². The normalized spacial score (nSPS) is 19.5. The summed E-state index contributed by atoms with van der Waals surface area (Å²) < 4.78 is 33.8. The van der Waals surface area contributed by atoms with Crippen molar-refractivity contribution in [2.45, 2.75) is 51.3 Å². The Morgan fingerprint density at radius 2 is 1.70 bits per heavy atom. The molecule has 10 heteroatoms. The van der Waals surface area contributed by atoms with Crippen LogP contribution in [-0.2, 0) is 26.9 Å². The van der Waals surface area contributed by atoms with Gasteiger partial charge in [-0.3, -0.25) is 9.48 Å². The molecule has 9 nitrogen and oxygen atoms in total. The Labute approximate surface area is 221 Å². The minimum absolute atomic E-state index is 0.0442. The summed E-state index contributed by atoms with van der Waals surface area (Å²) >= 11 is 0. The van der Waals surface area contributed by atoms with Gasteiger partial charge in [0.05, 0.1) is 23.5 Å². The molecule has 2 fully saturated rings. The third-order valence-electron chi connectivity index (χ3n) is 7.88. The van der Waals surface area contributed by atoms with Crippen LogP contribution in [0.3, 0.4) is 0 Å². The van der Waals surface area contributed by atoms with Gasteiger partial charge in [-0.15, -0.1) is 0 Å². The number of methoxy groups -OCH3 is 1. The molecule has 1 aromatic heterocycles. The maximum absolute atomic E-state index is 13.4. The SMILES string of the molecule is COc1cc(C)c(S(=O)(=O)Cc2c(C)nn(CC(=O)N3CCC(CN4CCN(C)CC4)C3)c2C)c(C)c1. The molecule has 3 heterocycles. The van der Waals surface area contributed by atoms with Crippen molar-refractivity contribution in [3.63, 3.8) is 0 Å². The van der Waals surface area contributed by atoms with Crippen molar-refractivity contribution in [3.8, 4) is 5.75 Å². The quantitative estimate of drug-likeness (QED) is 0.516. The summed E-state index contributed by atoms with van der Waals surface area (Å²) in [7, 11) is 0.119. The average molecular weight is 532 g/mol. The second-order valence-corrected chi connectivity index (χ2v) is 12.7. The molecule has 0 N–H and O–H groups in total. The minimum atomic E-state index is -3.61. The summed E-state index contributed by atoms with van der Waals surface area (Å²) in [6.07, 6.45) is 1.03. The molecule has 2 aliphatic heterocycles. The standard InChI is InChI=1S/C27H41N5O4S/c1-19-13-24(36-6)14-20(2)27(19)37(34,35)18-25-21(3)28-32(22(25)4)17-26(33)31-8-7-23(16-31)15-30-11-9-29(5)10-12-30/h13-14,23H,7-12,15-18H2,1-6H3. The number of rotatable bonds is 8. The molecule has 37 heavy (non-hydrogen) atoms. The van der Waals surface area contributed by atoms with Crippen molar-refractivity contribution in [2.75, 3.05) is 60.0 Å². The lowest BCUT2D eigenvalue weighted by Crippen LogP contribution is -2.46. The lowest BCUT2D eigenvalue weighted by molar-refractivity contribution is -0.131. The van der Waals surface area contributed by atoms with Crippen molar-refractivity contribution in [1.82, 2.24) is 24.5 Å². The monoisotopic (exact) mass is 531 g/mol. The first-order valence-electron chi connectivity index (χ1n) is 13.1. The van der Waals surface area contributed by atoms with Crippen molar-refractivity contribution in [2.24, 2.45) is 5.92 Å². The predicted molar refractivity (Wildman–Crippen MR) is 144 cm³/mol. The van der Waals surface area contributed by atoms with Crippen LogP contribution in [0.4, 0.5) is 0 Å². The van der Waals surface area contributed by atoms with Gasteiger partial charge in [0.25, 0.3) is 0 Å². The summed E-state index contributed by atoms with van der Waals surface area (Å²) in [5.41, 5.74) is 3.36. The van der Waals surface area contributed by atoms with E-state index in [1.165, 1.54) is 0 Å². The van der Waals surface area contributed by atoms with E-state index < -0.39 is 9.84 Å². The van der Waals surface area contributed by atoms with E-state index in [2.05, 4.69) is 21.9 Å². The Balaban J connectivity index is 1.41. The maximum atomic E-state index is 13.4. The van der Waals surface area contributed by atoms with Gasteiger partial charge in [-0.1, -0.05) is 0 Å². The zero-order valence-electron chi connectivity index (χ0n) is 23.1. The lowest BCUT2D eigenvalue weighted by atomic mass is 10.1. The van der Waals surface area contributed by atoms with Crippen LogP contribution in [0.5, 0.6) is 5.75 Å². The van der Waals surface area contributed by atoms with E-state index >= 15 is 0 Å². The van der Waals surface area contributed by atoms with Crippen LogP contribution in [0.15, 0.2) is 17.0 Å². The van der Waals surface area contributed by atoms with Crippen LogP contribution in [0.1, 0.15) is 34.5 Å². The van der Waals surface area contributed by atoms with Crippen LogP contribution in [0, 0.1) is 33.6 Å². The number of hydrogen-bond donors (Lipinski definition) is 0. The van der Waals surface area contributed by atoms with Gasteiger partial charge in [0.2, 0.25) is 5.91 Å². The number of sulfone groups is 1. The van der Waals surface area contributed by atoms with Gasteiger partial charge < -0.3 is 19.4 Å². The lowest BCUT2D eigenvalue weighted by Gasteiger charge is -2.33. The highest BCUT2D eigenvalue weighted by Gasteiger charge is 2.30. The Hall–Kier alpha value is -2.43. The number of aromatic nitrogens is 2. The fourth-order valence-electron chi connectivity index (χ4n) is 5.71. The molecule has 0 saturated carbocycles. The molecule has 0 spiro atoms. The molecule has 204 valence electrons. The minimum Gasteiger partial charge on any atom is -0.497 e. The van der Waals surface area contributed by atoms with Gasteiger partial charge in [0.1, 0.15) is 12.3 Å². The molecule has 1 aromatic carbocycles. The Kier molecular flexibility index (Phi) is 8.30. The Morgan fingerprint density at radius 1 is 1.05 bits per heavy atom. The number of likely N-dealkylation sites (N-methyl/N-ethyl adjacent to an activating group) is 1. The molecule has 2 aromatic rings. The first-order chi connectivity index (χ1) is 17.5. The number of benzene rings is 1. The molecular weight excluding hydrogens is 490 g/mol. The van der Waals surface area contributed by atoms with Gasteiger partial charge in [-0.25, -0.2) is 8.42 Å². The number of carbonyl (C=O) groups excluding carboxylic acids is 1. The van der Waals surface area contributed by atoms with Crippen molar-refractivity contribution >= 4 is 15.7 Å². The van der Waals surface area contributed by atoms with E-state index in [1.807, 2.05) is 18.7 Å². The number of hydrogen-bond acceptors (Lipinski definition) is 7. The highest BCUT2D eigenvalue weighted by atomic mass is 32.2. The molecule has 2 aliphatic rings. The highest BCUT2D eigenvalue weighted by molar-refractivity contribution is 7.90. The number of aryl methyl sites for hydroxylation is 3. The topological polar surface area (TPSA) is 88.0 Å². The van der Waals surface area contributed by atoms with Gasteiger partial charge in [0.15, 0.2) is 9.84 Å².